The van der Waals surface area contributed by atoms with Crippen LogP contribution in [0.25, 0.3) is 0 Å². The molecule has 0 spiro atoms. The molecule has 1 N–H and O–H groups in total. The maximum Gasteiger partial charge on any atom is 0.159 e. The van der Waals surface area contributed by atoms with Crippen molar-refractivity contribution in [1.29, 1.82) is 0 Å². The third kappa shape index (κ3) is 4.08. The molecule has 0 aliphatic carbocycles. The van der Waals surface area contributed by atoms with E-state index >= 15 is 0 Å². The Kier molecular flexibility index (Phi) is 5.66. The normalized spacial score (nSPS) is 10.8. The van der Waals surface area contributed by atoms with Gasteiger partial charge >= 0.3 is 0 Å². The van der Waals surface area contributed by atoms with Crippen LogP contribution in [-0.4, -0.2) is 10.9 Å². The monoisotopic (exact) mass is 279 g/mol. The Morgan fingerprint density at radius 2 is 2.06 bits per heavy atom. The minimum absolute atomic E-state index is 0.420. The van der Waals surface area contributed by atoms with Crippen LogP contribution in [0.3, 0.4) is 0 Å². The van der Waals surface area contributed by atoms with Gasteiger partial charge in [0.25, 0.3) is 0 Å². The van der Waals surface area contributed by atoms with Gasteiger partial charge in [0.15, 0.2) is 5.71 Å². The van der Waals surface area contributed by atoms with E-state index in [-0.39, 0.29) is 0 Å². The number of oxime groups is 1. The molecule has 0 unspecified atom stereocenters. The van der Waals surface area contributed by atoms with Crippen LogP contribution < -0.4 is 0 Å². The van der Waals surface area contributed by atoms with E-state index in [0.717, 1.165) is 29.3 Å². The van der Waals surface area contributed by atoms with Crippen LogP contribution in [0.1, 0.15) is 31.7 Å². The second-order valence-electron chi connectivity index (χ2n) is 3.36. The number of rotatable bonds is 3. The Balaban J connectivity index is 2.74. The van der Waals surface area contributed by atoms with Crippen molar-refractivity contribution in [3.05, 3.63) is 34.3 Å². The summed E-state index contributed by atoms with van der Waals surface area (Å²) >= 11 is 3.35. The fourth-order valence-electron chi connectivity index (χ4n) is 1.17. The van der Waals surface area contributed by atoms with Gasteiger partial charge in [-0.2, -0.15) is 0 Å². The summed E-state index contributed by atoms with van der Waals surface area (Å²) in [5.41, 5.74) is 1.25. The number of hydrogen-bond donors (Lipinski definition) is 1. The Bertz CT molecular complexity index is 412. The molecule has 0 radical (unpaired) electrons. The molecule has 0 aliphatic rings. The number of nitrogens with zero attached hydrogens (tertiary/aromatic N) is 1. The van der Waals surface area contributed by atoms with Crippen molar-refractivity contribution >= 4 is 21.6 Å². The van der Waals surface area contributed by atoms with Crippen LogP contribution in [-0.2, 0) is 0 Å². The summed E-state index contributed by atoms with van der Waals surface area (Å²) in [7, 11) is 0. The molecule has 0 aromatic heterocycles. The maximum atomic E-state index is 8.88. The number of hydrogen-bond acceptors (Lipinski definition) is 2. The summed E-state index contributed by atoms with van der Waals surface area (Å²) in [6, 6.07) is 7.53. The summed E-state index contributed by atoms with van der Waals surface area (Å²) in [5.74, 6) is 5.87. The predicted octanol–water partition coefficient (Wildman–Crippen LogP) is 3.82. The van der Waals surface area contributed by atoms with Crippen molar-refractivity contribution in [1.82, 2.24) is 0 Å². The van der Waals surface area contributed by atoms with E-state index in [9.17, 15) is 0 Å². The molecule has 0 saturated carbocycles. The zero-order valence-electron chi connectivity index (χ0n) is 9.20. The molecule has 0 heterocycles. The van der Waals surface area contributed by atoms with Gasteiger partial charge in [0.1, 0.15) is 0 Å². The number of halogens is 1. The van der Waals surface area contributed by atoms with Gasteiger partial charge in [0.2, 0.25) is 0 Å². The molecule has 0 fully saturated rings. The Hall–Kier alpha value is -1.27. The number of unbranched alkanes of at least 4 members (excludes halogenated alkanes) is 2. The SMILES string of the molecule is CCCCC#CC(=NO)c1ccc(Br)cc1. The zero-order chi connectivity index (χ0) is 11.8. The molecule has 1 aromatic carbocycles. The zero-order valence-corrected chi connectivity index (χ0v) is 10.8. The molecule has 0 bridgehead atoms. The topological polar surface area (TPSA) is 32.6 Å². The van der Waals surface area contributed by atoms with E-state index in [1.807, 2.05) is 24.3 Å². The first-order valence-corrected chi connectivity index (χ1v) is 6.04. The van der Waals surface area contributed by atoms with E-state index in [1.165, 1.54) is 0 Å². The lowest BCUT2D eigenvalue weighted by atomic mass is 10.1. The van der Waals surface area contributed by atoms with E-state index in [2.05, 4.69) is 39.9 Å². The molecule has 2 nitrogen and oxygen atoms in total. The van der Waals surface area contributed by atoms with Crippen molar-refractivity contribution in [3.8, 4) is 11.8 Å². The highest BCUT2D eigenvalue weighted by molar-refractivity contribution is 9.10. The summed E-state index contributed by atoms with van der Waals surface area (Å²) < 4.78 is 0.993. The van der Waals surface area contributed by atoms with Gasteiger partial charge in [-0.05, 0) is 24.5 Å². The molecular weight excluding hydrogens is 266 g/mol. The third-order valence-electron chi connectivity index (χ3n) is 2.08. The second-order valence-corrected chi connectivity index (χ2v) is 4.28. The van der Waals surface area contributed by atoms with Gasteiger partial charge in [0.05, 0.1) is 0 Å². The smallest absolute Gasteiger partial charge is 0.159 e. The quantitative estimate of drug-likeness (QED) is 0.295. The van der Waals surface area contributed by atoms with Crippen molar-refractivity contribution in [2.45, 2.75) is 26.2 Å². The predicted molar refractivity (Wildman–Crippen MR) is 69.8 cm³/mol. The van der Waals surface area contributed by atoms with Gasteiger partial charge in [0, 0.05) is 16.5 Å². The molecule has 0 amide bonds. The molecule has 1 rings (SSSR count). The van der Waals surface area contributed by atoms with Gasteiger partial charge in [-0.1, -0.05) is 52.5 Å². The minimum Gasteiger partial charge on any atom is -0.410 e. The Labute approximate surface area is 104 Å². The summed E-state index contributed by atoms with van der Waals surface area (Å²) in [6.07, 6.45) is 3.04. The van der Waals surface area contributed by atoms with Crippen LogP contribution in [0.15, 0.2) is 33.9 Å². The Morgan fingerprint density at radius 3 is 2.62 bits per heavy atom. The molecule has 3 heteroatoms. The van der Waals surface area contributed by atoms with E-state index in [1.54, 1.807) is 0 Å². The van der Waals surface area contributed by atoms with Crippen LogP contribution in [0.4, 0.5) is 0 Å². The van der Waals surface area contributed by atoms with Crippen molar-refractivity contribution < 1.29 is 5.21 Å². The van der Waals surface area contributed by atoms with Crippen LogP contribution in [0.2, 0.25) is 0 Å². The van der Waals surface area contributed by atoms with Crippen LogP contribution >= 0.6 is 15.9 Å². The summed E-state index contributed by atoms with van der Waals surface area (Å²) in [4.78, 5) is 0. The van der Waals surface area contributed by atoms with Gasteiger partial charge < -0.3 is 5.21 Å². The number of benzene rings is 1. The van der Waals surface area contributed by atoms with E-state index < -0.39 is 0 Å². The van der Waals surface area contributed by atoms with Crippen molar-refractivity contribution in [2.24, 2.45) is 5.16 Å². The average Bonchev–Trinajstić information content (AvgIpc) is 2.31. The lowest BCUT2D eigenvalue weighted by molar-refractivity contribution is 0.320. The highest BCUT2D eigenvalue weighted by Crippen LogP contribution is 2.11. The Morgan fingerprint density at radius 1 is 1.38 bits per heavy atom. The first kappa shape index (κ1) is 12.8. The molecule has 1 aromatic rings. The molecule has 84 valence electrons. The summed E-state index contributed by atoms with van der Waals surface area (Å²) in [6.45, 7) is 2.12. The molecule has 0 atom stereocenters. The molecule has 0 saturated heterocycles. The van der Waals surface area contributed by atoms with Gasteiger partial charge in [-0.25, -0.2) is 0 Å². The van der Waals surface area contributed by atoms with Crippen molar-refractivity contribution in [2.75, 3.05) is 0 Å². The second kappa shape index (κ2) is 7.08. The average molecular weight is 280 g/mol. The standard InChI is InChI=1S/C13H14BrNO/c1-2-3-4-5-6-13(15-16)11-7-9-12(14)10-8-11/h7-10,16H,2-4H2,1H3. The fraction of sp³-hybridized carbons (Fsp3) is 0.308. The van der Waals surface area contributed by atoms with Crippen LogP contribution in [0.5, 0.6) is 0 Å². The molecule has 16 heavy (non-hydrogen) atoms. The van der Waals surface area contributed by atoms with E-state index in [4.69, 9.17) is 5.21 Å². The summed E-state index contributed by atoms with van der Waals surface area (Å²) in [5, 5.41) is 12.1. The van der Waals surface area contributed by atoms with Crippen molar-refractivity contribution in [3.63, 3.8) is 0 Å². The van der Waals surface area contributed by atoms with Crippen LogP contribution in [0, 0.1) is 11.8 Å². The van der Waals surface area contributed by atoms with E-state index in [0.29, 0.717) is 5.71 Å². The molecular formula is C13H14BrNO. The lowest BCUT2D eigenvalue weighted by Crippen LogP contribution is -1.96. The largest absolute Gasteiger partial charge is 0.410 e. The highest BCUT2D eigenvalue weighted by atomic mass is 79.9. The lowest BCUT2D eigenvalue weighted by Gasteiger charge is -1.96. The first-order valence-electron chi connectivity index (χ1n) is 5.24. The van der Waals surface area contributed by atoms with Gasteiger partial charge in [-0.15, -0.1) is 0 Å². The fourth-order valence-corrected chi connectivity index (χ4v) is 1.44. The first-order chi connectivity index (χ1) is 7.77. The van der Waals surface area contributed by atoms with Gasteiger partial charge in [-0.3, -0.25) is 0 Å². The third-order valence-corrected chi connectivity index (χ3v) is 2.61. The minimum atomic E-state index is 0.420. The maximum absolute atomic E-state index is 8.88. The molecule has 0 aliphatic heterocycles. The highest BCUT2D eigenvalue weighted by Gasteiger charge is 1.99.